The molecular weight excluding hydrogens is 182 g/mol. The Morgan fingerprint density at radius 1 is 1.27 bits per heavy atom. The first-order valence-electron chi connectivity index (χ1n) is 5.38. The van der Waals surface area contributed by atoms with Gasteiger partial charge in [-0.3, -0.25) is 0 Å². The molecule has 0 unspecified atom stereocenters. The van der Waals surface area contributed by atoms with Crippen molar-refractivity contribution in [1.82, 2.24) is 0 Å². The Hall–Kier alpha value is -1.50. The van der Waals surface area contributed by atoms with E-state index in [2.05, 4.69) is 68.3 Å². The van der Waals surface area contributed by atoms with Gasteiger partial charge in [0.1, 0.15) is 0 Å². The van der Waals surface area contributed by atoms with Crippen LogP contribution in [-0.4, -0.2) is 7.05 Å². The van der Waals surface area contributed by atoms with Crippen molar-refractivity contribution >= 4 is 5.69 Å². The fourth-order valence-corrected chi connectivity index (χ4v) is 1.31. The van der Waals surface area contributed by atoms with Crippen LogP contribution in [0.4, 0.5) is 5.69 Å². The lowest BCUT2D eigenvalue weighted by molar-refractivity contribution is 1.09. The normalized spacial score (nSPS) is 12.1. The molecule has 0 aliphatic heterocycles. The molecule has 1 heteroatoms. The van der Waals surface area contributed by atoms with Crippen LogP contribution in [0.5, 0.6) is 0 Å². The Kier molecular flexibility index (Phi) is 4.69. The summed E-state index contributed by atoms with van der Waals surface area (Å²) < 4.78 is 0. The van der Waals surface area contributed by atoms with Crippen LogP contribution < -0.4 is 4.90 Å². The maximum absolute atomic E-state index is 2.18. The van der Waals surface area contributed by atoms with Crippen LogP contribution in [0, 0.1) is 0 Å². The maximum atomic E-state index is 2.18. The van der Waals surface area contributed by atoms with Crippen LogP contribution in [0.1, 0.15) is 20.3 Å². The van der Waals surface area contributed by atoms with E-state index in [1.165, 1.54) is 11.4 Å². The van der Waals surface area contributed by atoms with Gasteiger partial charge in [-0.15, -0.1) is 0 Å². The zero-order chi connectivity index (χ0) is 11.1. The molecule has 0 aliphatic carbocycles. The molecule has 0 heterocycles. The van der Waals surface area contributed by atoms with E-state index < -0.39 is 0 Å². The van der Waals surface area contributed by atoms with Gasteiger partial charge in [-0.2, -0.15) is 0 Å². The third-order valence-electron chi connectivity index (χ3n) is 2.38. The largest absolute Gasteiger partial charge is 0.348 e. The first-order chi connectivity index (χ1) is 7.25. The molecule has 0 spiro atoms. The van der Waals surface area contributed by atoms with Gasteiger partial charge in [0.05, 0.1) is 0 Å². The number of rotatable bonds is 4. The van der Waals surface area contributed by atoms with Gasteiger partial charge in [-0.25, -0.2) is 0 Å². The summed E-state index contributed by atoms with van der Waals surface area (Å²) in [6.45, 7) is 4.26. The summed E-state index contributed by atoms with van der Waals surface area (Å²) in [6, 6.07) is 10.4. The van der Waals surface area contributed by atoms with Crippen LogP contribution in [0.15, 0.2) is 54.3 Å². The maximum Gasteiger partial charge on any atom is 0.0405 e. The van der Waals surface area contributed by atoms with Crippen LogP contribution >= 0.6 is 0 Å². The monoisotopic (exact) mass is 201 g/mol. The Balaban J connectivity index is 2.72. The molecule has 0 amide bonds. The standard InChI is InChI=1S/C14H19N/c1-4-5-7-10-13(2)15(3)14-11-8-6-9-12-14/h5-12H,4H2,1-3H3/b7-5+,13-10-. The first kappa shape index (κ1) is 11.6. The van der Waals surface area contributed by atoms with E-state index in [-0.39, 0.29) is 0 Å². The molecular formula is C14H19N. The zero-order valence-electron chi connectivity index (χ0n) is 9.77. The van der Waals surface area contributed by atoms with Gasteiger partial charge < -0.3 is 4.90 Å². The molecule has 0 aliphatic rings. The zero-order valence-corrected chi connectivity index (χ0v) is 9.77. The minimum atomic E-state index is 1.08. The highest BCUT2D eigenvalue weighted by atomic mass is 15.1. The number of anilines is 1. The number of allylic oxidation sites excluding steroid dienone is 4. The Labute approximate surface area is 92.7 Å². The molecule has 0 saturated carbocycles. The fourth-order valence-electron chi connectivity index (χ4n) is 1.31. The van der Waals surface area contributed by atoms with Crippen molar-refractivity contribution in [2.24, 2.45) is 0 Å². The van der Waals surface area contributed by atoms with E-state index in [0.29, 0.717) is 0 Å². The fraction of sp³-hybridized carbons (Fsp3) is 0.286. The molecule has 80 valence electrons. The van der Waals surface area contributed by atoms with Crippen molar-refractivity contribution in [2.75, 3.05) is 11.9 Å². The number of hydrogen-bond donors (Lipinski definition) is 0. The molecule has 0 bridgehead atoms. The molecule has 0 fully saturated rings. The molecule has 0 atom stereocenters. The number of nitrogens with zero attached hydrogens (tertiary/aromatic N) is 1. The summed E-state index contributed by atoms with van der Waals surface area (Å²) >= 11 is 0. The number of hydrogen-bond acceptors (Lipinski definition) is 1. The van der Waals surface area contributed by atoms with Crippen molar-refractivity contribution in [3.05, 3.63) is 54.3 Å². The van der Waals surface area contributed by atoms with E-state index in [1.54, 1.807) is 0 Å². The van der Waals surface area contributed by atoms with Crippen molar-refractivity contribution in [1.29, 1.82) is 0 Å². The molecule has 0 saturated heterocycles. The highest BCUT2D eigenvalue weighted by molar-refractivity contribution is 5.50. The van der Waals surface area contributed by atoms with Crippen molar-refractivity contribution < 1.29 is 0 Å². The summed E-state index contributed by atoms with van der Waals surface area (Å²) in [5.41, 5.74) is 2.46. The topological polar surface area (TPSA) is 3.24 Å². The molecule has 1 aromatic carbocycles. The molecule has 1 aromatic rings. The van der Waals surface area contributed by atoms with Gasteiger partial charge in [0.15, 0.2) is 0 Å². The van der Waals surface area contributed by atoms with E-state index in [9.17, 15) is 0 Å². The first-order valence-corrected chi connectivity index (χ1v) is 5.38. The average Bonchev–Trinajstić information content (AvgIpc) is 2.29. The van der Waals surface area contributed by atoms with Crippen LogP contribution in [0.25, 0.3) is 0 Å². The Morgan fingerprint density at radius 2 is 1.93 bits per heavy atom. The van der Waals surface area contributed by atoms with Gasteiger partial charge in [-0.1, -0.05) is 37.3 Å². The predicted molar refractivity (Wildman–Crippen MR) is 68.0 cm³/mol. The van der Waals surface area contributed by atoms with Gasteiger partial charge in [-0.05, 0) is 31.6 Å². The second-order valence-corrected chi connectivity index (χ2v) is 3.54. The lowest BCUT2D eigenvalue weighted by Gasteiger charge is -2.19. The Morgan fingerprint density at radius 3 is 2.53 bits per heavy atom. The summed E-state index contributed by atoms with van der Waals surface area (Å²) in [6.07, 6.45) is 7.48. The second kappa shape index (κ2) is 6.07. The summed E-state index contributed by atoms with van der Waals surface area (Å²) in [7, 11) is 2.08. The molecule has 15 heavy (non-hydrogen) atoms. The highest BCUT2D eigenvalue weighted by Crippen LogP contribution is 2.15. The average molecular weight is 201 g/mol. The van der Waals surface area contributed by atoms with Gasteiger partial charge in [0.2, 0.25) is 0 Å². The van der Waals surface area contributed by atoms with Gasteiger partial charge in [0.25, 0.3) is 0 Å². The predicted octanol–water partition coefficient (Wildman–Crippen LogP) is 3.99. The van der Waals surface area contributed by atoms with Gasteiger partial charge >= 0.3 is 0 Å². The lowest BCUT2D eigenvalue weighted by atomic mass is 10.2. The van der Waals surface area contributed by atoms with Gasteiger partial charge in [0, 0.05) is 18.4 Å². The number of para-hydroxylation sites is 1. The van der Waals surface area contributed by atoms with E-state index >= 15 is 0 Å². The second-order valence-electron chi connectivity index (χ2n) is 3.54. The SMILES string of the molecule is CC/C=C/C=C(/C)N(C)c1ccccc1. The smallest absolute Gasteiger partial charge is 0.0405 e. The highest BCUT2D eigenvalue weighted by Gasteiger charge is 1.99. The quantitative estimate of drug-likeness (QED) is 0.666. The van der Waals surface area contributed by atoms with E-state index in [4.69, 9.17) is 0 Å². The van der Waals surface area contributed by atoms with Crippen LogP contribution in [-0.2, 0) is 0 Å². The van der Waals surface area contributed by atoms with E-state index in [1.807, 2.05) is 6.07 Å². The Bertz CT molecular complexity index is 336. The number of benzene rings is 1. The van der Waals surface area contributed by atoms with E-state index in [0.717, 1.165) is 6.42 Å². The molecule has 0 N–H and O–H groups in total. The molecule has 0 radical (unpaired) electrons. The summed E-state index contributed by atoms with van der Waals surface area (Å²) in [4.78, 5) is 2.18. The third kappa shape index (κ3) is 3.62. The molecule has 0 aromatic heterocycles. The van der Waals surface area contributed by atoms with Crippen molar-refractivity contribution in [2.45, 2.75) is 20.3 Å². The molecule has 1 rings (SSSR count). The molecule has 1 nitrogen and oxygen atoms in total. The third-order valence-corrected chi connectivity index (χ3v) is 2.38. The van der Waals surface area contributed by atoms with Crippen molar-refractivity contribution in [3.63, 3.8) is 0 Å². The van der Waals surface area contributed by atoms with Crippen LogP contribution in [0.3, 0.4) is 0 Å². The van der Waals surface area contributed by atoms with Crippen LogP contribution in [0.2, 0.25) is 0 Å². The minimum Gasteiger partial charge on any atom is -0.348 e. The minimum absolute atomic E-state index is 1.08. The summed E-state index contributed by atoms with van der Waals surface area (Å²) in [5.74, 6) is 0. The lowest BCUT2D eigenvalue weighted by Crippen LogP contribution is -2.13. The summed E-state index contributed by atoms with van der Waals surface area (Å²) in [5, 5.41) is 0. The van der Waals surface area contributed by atoms with Crippen molar-refractivity contribution in [3.8, 4) is 0 Å².